The number of piperidine rings is 1. The van der Waals surface area contributed by atoms with Gasteiger partial charge in [0.05, 0.1) is 32.0 Å². The summed E-state index contributed by atoms with van der Waals surface area (Å²) in [6.45, 7) is 4.12. The standard InChI is InChI=1S/C30H33N3O4/c1-36-28-14-22(15-29(37-2)30(28)35)26-17-27(34)24-16-23(8-9-25(24)32-26)31-18-20-10-12-33(13-11-20)19-21-6-4-3-5-7-21/h3-9,14-16,20,31,35H,10-13,17-19H2,1-2H3. The molecule has 7 nitrogen and oxygen atoms in total. The van der Waals surface area contributed by atoms with Crippen molar-refractivity contribution in [2.45, 2.75) is 25.8 Å². The summed E-state index contributed by atoms with van der Waals surface area (Å²) in [6, 6.07) is 19.8. The Kier molecular flexibility index (Phi) is 7.42. The quantitative estimate of drug-likeness (QED) is 0.429. The number of hydrogen-bond donors (Lipinski definition) is 2. The first-order valence-corrected chi connectivity index (χ1v) is 12.7. The first-order chi connectivity index (χ1) is 18.0. The number of anilines is 1. The number of rotatable bonds is 8. The Morgan fingerprint density at radius 3 is 2.38 bits per heavy atom. The second-order valence-corrected chi connectivity index (χ2v) is 9.71. The van der Waals surface area contributed by atoms with E-state index in [4.69, 9.17) is 14.5 Å². The van der Waals surface area contributed by atoms with Gasteiger partial charge in [-0.2, -0.15) is 0 Å². The SMILES string of the molecule is COc1cc(C2=Nc3ccc(NCC4CCN(Cc5ccccc5)CC4)cc3C(=O)C2)cc(OC)c1O. The van der Waals surface area contributed by atoms with Crippen LogP contribution in [0, 0.1) is 5.92 Å². The Morgan fingerprint density at radius 1 is 1.00 bits per heavy atom. The summed E-state index contributed by atoms with van der Waals surface area (Å²) in [5.41, 5.74) is 4.90. The third-order valence-electron chi connectivity index (χ3n) is 7.24. The van der Waals surface area contributed by atoms with Crippen molar-refractivity contribution in [2.75, 3.05) is 39.2 Å². The van der Waals surface area contributed by atoms with Crippen LogP contribution >= 0.6 is 0 Å². The van der Waals surface area contributed by atoms with E-state index in [0.717, 1.165) is 44.7 Å². The van der Waals surface area contributed by atoms with Gasteiger partial charge in [0.15, 0.2) is 17.3 Å². The molecule has 2 N–H and O–H groups in total. The number of aliphatic imine (C=N–C) groups is 1. The third-order valence-corrected chi connectivity index (χ3v) is 7.24. The minimum absolute atomic E-state index is 0.0175. The topological polar surface area (TPSA) is 83.4 Å². The highest BCUT2D eigenvalue weighted by Crippen LogP contribution is 2.39. The first-order valence-electron chi connectivity index (χ1n) is 12.7. The lowest BCUT2D eigenvalue weighted by Gasteiger charge is -2.32. The molecule has 0 aromatic heterocycles. The summed E-state index contributed by atoms with van der Waals surface area (Å²) in [6.07, 6.45) is 2.50. The molecule has 1 saturated heterocycles. The lowest BCUT2D eigenvalue weighted by molar-refractivity contribution is 0.1000. The Bertz CT molecular complexity index is 1270. The van der Waals surface area contributed by atoms with Gasteiger partial charge in [-0.3, -0.25) is 14.7 Å². The Hall–Kier alpha value is -3.84. The molecule has 0 amide bonds. The van der Waals surface area contributed by atoms with Crippen molar-refractivity contribution in [2.24, 2.45) is 10.9 Å². The highest BCUT2D eigenvalue weighted by molar-refractivity contribution is 6.21. The maximum Gasteiger partial charge on any atom is 0.200 e. The van der Waals surface area contributed by atoms with Crippen molar-refractivity contribution in [1.82, 2.24) is 4.90 Å². The number of aromatic hydroxyl groups is 1. The van der Waals surface area contributed by atoms with Gasteiger partial charge in [0.25, 0.3) is 0 Å². The molecule has 2 aliphatic rings. The van der Waals surface area contributed by atoms with E-state index in [1.54, 1.807) is 12.1 Å². The van der Waals surface area contributed by atoms with Gasteiger partial charge in [0, 0.05) is 29.9 Å². The molecule has 0 spiro atoms. The number of carbonyl (C=O) groups is 1. The molecular formula is C30H33N3O4. The Morgan fingerprint density at radius 2 is 1.70 bits per heavy atom. The van der Waals surface area contributed by atoms with Crippen LogP contribution in [0.15, 0.2) is 65.7 Å². The van der Waals surface area contributed by atoms with Gasteiger partial charge in [0.2, 0.25) is 5.75 Å². The summed E-state index contributed by atoms with van der Waals surface area (Å²) in [5.74, 6) is 1.11. The van der Waals surface area contributed by atoms with Crippen LogP contribution in [-0.4, -0.2) is 55.4 Å². The van der Waals surface area contributed by atoms with Gasteiger partial charge in [0.1, 0.15) is 0 Å². The fraction of sp³-hybridized carbons (Fsp3) is 0.333. The third kappa shape index (κ3) is 5.62. The van der Waals surface area contributed by atoms with Crippen LogP contribution in [0.5, 0.6) is 17.2 Å². The molecule has 3 aromatic carbocycles. The summed E-state index contributed by atoms with van der Waals surface area (Å²) < 4.78 is 10.5. The number of nitrogens with zero attached hydrogens (tertiary/aromatic N) is 2. The monoisotopic (exact) mass is 499 g/mol. The smallest absolute Gasteiger partial charge is 0.200 e. The van der Waals surface area contributed by atoms with Crippen LogP contribution in [0.25, 0.3) is 0 Å². The zero-order valence-corrected chi connectivity index (χ0v) is 21.4. The number of phenolic OH excluding ortho intramolecular Hbond substituents is 1. The van der Waals surface area contributed by atoms with E-state index >= 15 is 0 Å². The van der Waals surface area contributed by atoms with Gasteiger partial charge in [-0.25, -0.2) is 0 Å². The summed E-state index contributed by atoms with van der Waals surface area (Å²) in [5, 5.41) is 13.8. The number of phenols is 1. The molecule has 0 saturated carbocycles. The van der Waals surface area contributed by atoms with Crippen molar-refractivity contribution < 1.29 is 19.4 Å². The van der Waals surface area contributed by atoms with Crippen molar-refractivity contribution in [3.8, 4) is 17.2 Å². The molecule has 37 heavy (non-hydrogen) atoms. The minimum Gasteiger partial charge on any atom is -0.502 e. The zero-order chi connectivity index (χ0) is 25.8. The number of methoxy groups -OCH3 is 2. The summed E-state index contributed by atoms with van der Waals surface area (Å²) >= 11 is 0. The molecule has 0 radical (unpaired) electrons. The number of ketones is 1. The van der Waals surface area contributed by atoms with Crippen LogP contribution in [-0.2, 0) is 6.54 Å². The molecule has 0 unspecified atom stereocenters. The van der Waals surface area contributed by atoms with Crippen LogP contribution in [0.2, 0.25) is 0 Å². The van der Waals surface area contributed by atoms with E-state index in [-0.39, 0.29) is 29.5 Å². The lowest BCUT2D eigenvalue weighted by Crippen LogP contribution is -2.35. The fourth-order valence-electron chi connectivity index (χ4n) is 5.08. The van der Waals surface area contributed by atoms with E-state index in [9.17, 15) is 9.90 Å². The van der Waals surface area contributed by atoms with Gasteiger partial charge in [-0.05, 0) is 67.7 Å². The summed E-state index contributed by atoms with van der Waals surface area (Å²) in [4.78, 5) is 20.3. The van der Waals surface area contributed by atoms with Gasteiger partial charge < -0.3 is 19.9 Å². The van der Waals surface area contributed by atoms with Crippen molar-refractivity contribution in [3.63, 3.8) is 0 Å². The van der Waals surface area contributed by atoms with E-state index in [1.165, 1.54) is 19.8 Å². The first kappa shape index (κ1) is 24.8. The number of Topliss-reactive ketones (excluding diaryl/α,β-unsaturated/α-hetero) is 1. The average Bonchev–Trinajstić information content (AvgIpc) is 2.93. The molecule has 7 heteroatoms. The predicted octanol–water partition coefficient (Wildman–Crippen LogP) is 5.44. The molecule has 1 fully saturated rings. The fourth-order valence-corrected chi connectivity index (χ4v) is 5.08. The second kappa shape index (κ2) is 11.0. The molecular weight excluding hydrogens is 466 g/mol. The van der Waals surface area contributed by atoms with Crippen LogP contribution in [0.3, 0.4) is 0 Å². The van der Waals surface area contributed by atoms with Gasteiger partial charge >= 0.3 is 0 Å². The normalized spacial score (nSPS) is 16.2. The molecule has 2 aliphatic heterocycles. The van der Waals surface area contributed by atoms with E-state index < -0.39 is 0 Å². The van der Waals surface area contributed by atoms with Crippen molar-refractivity contribution in [1.29, 1.82) is 0 Å². The van der Waals surface area contributed by atoms with Crippen LogP contribution in [0.4, 0.5) is 11.4 Å². The maximum atomic E-state index is 13.1. The molecule has 0 bridgehead atoms. The number of nitrogens with one attached hydrogen (secondary N) is 1. The molecule has 5 rings (SSSR count). The molecule has 3 aromatic rings. The Labute approximate surface area is 217 Å². The Balaban J connectivity index is 1.22. The number of benzene rings is 3. The number of carbonyl (C=O) groups excluding carboxylic acids is 1. The number of likely N-dealkylation sites (tertiary alicyclic amines) is 1. The molecule has 2 heterocycles. The highest BCUT2D eigenvalue weighted by Gasteiger charge is 2.24. The van der Waals surface area contributed by atoms with Gasteiger partial charge in [-0.15, -0.1) is 0 Å². The molecule has 192 valence electrons. The number of ether oxygens (including phenoxy) is 2. The lowest BCUT2D eigenvalue weighted by atomic mass is 9.94. The largest absolute Gasteiger partial charge is 0.502 e. The number of hydrogen-bond acceptors (Lipinski definition) is 7. The van der Waals surface area contributed by atoms with Crippen molar-refractivity contribution in [3.05, 3.63) is 77.4 Å². The van der Waals surface area contributed by atoms with Crippen LogP contribution in [0.1, 0.15) is 40.7 Å². The van der Waals surface area contributed by atoms with E-state index in [2.05, 4.69) is 40.5 Å². The second-order valence-electron chi connectivity index (χ2n) is 9.71. The predicted molar refractivity (Wildman–Crippen MR) is 146 cm³/mol. The molecule has 0 aliphatic carbocycles. The van der Waals surface area contributed by atoms with Crippen LogP contribution < -0.4 is 14.8 Å². The van der Waals surface area contributed by atoms with Gasteiger partial charge in [-0.1, -0.05) is 30.3 Å². The highest BCUT2D eigenvalue weighted by atomic mass is 16.5. The van der Waals surface area contributed by atoms with E-state index in [1.807, 2.05) is 18.2 Å². The number of fused-ring (bicyclic) bond motifs is 1. The average molecular weight is 500 g/mol. The maximum absolute atomic E-state index is 13.1. The van der Waals surface area contributed by atoms with Crippen molar-refractivity contribution >= 4 is 22.9 Å². The molecule has 0 atom stereocenters. The zero-order valence-electron chi connectivity index (χ0n) is 21.4. The van der Waals surface area contributed by atoms with E-state index in [0.29, 0.717) is 28.4 Å². The summed E-state index contributed by atoms with van der Waals surface area (Å²) in [7, 11) is 2.95. The minimum atomic E-state index is -0.0746.